The van der Waals surface area contributed by atoms with Crippen LogP contribution in [0, 0.1) is 10.1 Å². The minimum Gasteiger partial charge on any atom is -0.482 e. The van der Waals surface area contributed by atoms with Crippen molar-refractivity contribution in [2.24, 2.45) is 5.73 Å². The molecule has 0 atom stereocenters. The maximum Gasteiger partial charge on any atom is 0.415 e. The van der Waals surface area contributed by atoms with Crippen LogP contribution in [0.4, 0.5) is 22.1 Å². The second-order valence-corrected chi connectivity index (χ2v) is 6.43. The molecule has 14 nitrogen and oxygen atoms in total. The standard InChI is InChI=1S/C19H24N6O8/c1-2-31-19(28)24(10-12-5-3-6-13(9-12)33-11-14(26)27)17-15(25(29)30)16(21)22-18(23-17)32-8-4-7-20/h3,5-6,9H,2,4,7-8,10-11,20H2,1H3,(H,26,27)(H2,21,22,23). The third-order valence-electron chi connectivity index (χ3n) is 3.98. The van der Waals surface area contributed by atoms with Crippen molar-refractivity contribution in [2.75, 3.05) is 37.0 Å². The first kappa shape index (κ1) is 25.1. The number of amides is 1. The molecule has 1 aromatic carbocycles. The van der Waals surface area contributed by atoms with E-state index in [4.69, 9.17) is 30.8 Å². The zero-order chi connectivity index (χ0) is 24.4. The largest absolute Gasteiger partial charge is 0.482 e. The summed E-state index contributed by atoms with van der Waals surface area (Å²) in [5, 5.41) is 20.5. The molecule has 5 N–H and O–H groups in total. The normalized spacial score (nSPS) is 10.4. The maximum absolute atomic E-state index is 12.7. The Kier molecular flexibility index (Phi) is 9.11. The van der Waals surface area contributed by atoms with Gasteiger partial charge in [-0.3, -0.25) is 15.0 Å². The van der Waals surface area contributed by atoms with Crippen LogP contribution in [-0.4, -0.2) is 58.4 Å². The van der Waals surface area contributed by atoms with Crippen LogP contribution in [0.3, 0.4) is 0 Å². The lowest BCUT2D eigenvalue weighted by Crippen LogP contribution is -2.33. The summed E-state index contributed by atoms with van der Waals surface area (Å²) in [4.78, 5) is 43.1. The number of hydrogen-bond donors (Lipinski definition) is 3. The molecule has 0 saturated heterocycles. The number of carbonyl (C=O) groups is 2. The minimum atomic E-state index is -1.16. The van der Waals surface area contributed by atoms with Crippen LogP contribution in [0.2, 0.25) is 0 Å². The number of carbonyl (C=O) groups excluding carboxylic acids is 1. The molecule has 1 aromatic heterocycles. The molecule has 0 aliphatic carbocycles. The molecule has 1 heterocycles. The van der Waals surface area contributed by atoms with Crippen molar-refractivity contribution in [3.05, 3.63) is 39.9 Å². The van der Waals surface area contributed by atoms with Crippen LogP contribution < -0.4 is 25.8 Å². The molecule has 178 valence electrons. The number of carboxylic acid groups (broad SMARTS) is 1. The van der Waals surface area contributed by atoms with Gasteiger partial charge in [0.25, 0.3) is 0 Å². The van der Waals surface area contributed by atoms with E-state index in [0.717, 1.165) is 4.90 Å². The number of hydrogen-bond acceptors (Lipinski definition) is 11. The Hall–Kier alpha value is -4.20. The lowest BCUT2D eigenvalue weighted by atomic mass is 10.2. The van der Waals surface area contributed by atoms with E-state index in [1.807, 2.05) is 0 Å². The quantitative estimate of drug-likeness (QED) is 0.231. The highest BCUT2D eigenvalue weighted by atomic mass is 16.6. The number of ether oxygens (including phenoxy) is 3. The van der Waals surface area contributed by atoms with Gasteiger partial charge in [0.2, 0.25) is 11.6 Å². The van der Waals surface area contributed by atoms with Crippen molar-refractivity contribution in [3.63, 3.8) is 0 Å². The number of aromatic nitrogens is 2. The second kappa shape index (κ2) is 12.0. The number of nitro groups is 1. The summed E-state index contributed by atoms with van der Waals surface area (Å²) in [6.07, 6.45) is -0.455. The van der Waals surface area contributed by atoms with Crippen LogP contribution in [0.5, 0.6) is 11.8 Å². The highest BCUT2D eigenvalue weighted by molar-refractivity contribution is 5.90. The maximum atomic E-state index is 12.7. The van der Waals surface area contributed by atoms with E-state index in [1.54, 1.807) is 19.1 Å². The van der Waals surface area contributed by atoms with Gasteiger partial charge in [0.1, 0.15) is 5.75 Å². The Labute approximate surface area is 188 Å². The average Bonchev–Trinajstić information content (AvgIpc) is 2.76. The molecule has 0 radical (unpaired) electrons. The van der Waals surface area contributed by atoms with Crippen molar-refractivity contribution < 1.29 is 33.8 Å². The smallest absolute Gasteiger partial charge is 0.415 e. The molecule has 0 saturated carbocycles. The third-order valence-corrected chi connectivity index (χ3v) is 3.98. The summed E-state index contributed by atoms with van der Waals surface area (Å²) in [5.41, 5.74) is 10.9. The summed E-state index contributed by atoms with van der Waals surface area (Å²) in [5.74, 6) is -1.87. The van der Waals surface area contributed by atoms with Crippen molar-refractivity contribution in [1.29, 1.82) is 0 Å². The van der Waals surface area contributed by atoms with Gasteiger partial charge in [-0.1, -0.05) is 12.1 Å². The van der Waals surface area contributed by atoms with E-state index in [-0.39, 0.29) is 31.5 Å². The Morgan fingerprint density at radius 2 is 2.03 bits per heavy atom. The lowest BCUT2D eigenvalue weighted by molar-refractivity contribution is -0.383. The Balaban J connectivity index is 2.48. The van der Waals surface area contributed by atoms with E-state index in [9.17, 15) is 19.7 Å². The van der Waals surface area contributed by atoms with Gasteiger partial charge in [-0.05, 0) is 37.6 Å². The zero-order valence-corrected chi connectivity index (χ0v) is 17.8. The van der Waals surface area contributed by atoms with Crippen molar-refractivity contribution in [3.8, 4) is 11.8 Å². The van der Waals surface area contributed by atoms with E-state index < -0.39 is 40.9 Å². The van der Waals surface area contributed by atoms with Crippen molar-refractivity contribution in [2.45, 2.75) is 19.9 Å². The van der Waals surface area contributed by atoms with Gasteiger partial charge < -0.3 is 30.8 Å². The summed E-state index contributed by atoms with van der Waals surface area (Å²) in [6, 6.07) is 5.91. The molecular weight excluding hydrogens is 440 g/mol. The minimum absolute atomic E-state index is 0.00861. The fraction of sp³-hybridized carbons (Fsp3) is 0.368. The molecule has 0 unspecified atom stereocenters. The number of benzene rings is 1. The van der Waals surface area contributed by atoms with Crippen molar-refractivity contribution >= 4 is 29.4 Å². The molecule has 0 spiro atoms. The summed E-state index contributed by atoms with van der Waals surface area (Å²) < 4.78 is 15.5. The Morgan fingerprint density at radius 3 is 2.67 bits per heavy atom. The fourth-order valence-corrected chi connectivity index (χ4v) is 2.60. The third kappa shape index (κ3) is 7.17. The second-order valence-electron chi connectivity index (χ2n) is 6.43. The number of carboxylic acids is 1. The number of nitrogens with zero attached hydrogens (tertiary/aromatic N) is 4. The van der Waals surface area contributed by atoms with Crippen LogP contribution in [0.1, 0.15) is 18.9 Å². The lowest BCUT2D eigenvalue weighted by Gasteiger charge is -2.21. The van der Waals surface area contributed by atoms with Gasteiger partial charge in [-0.2, -0.15) is 9.97 Å². The van der Waals surface area contributed by atoms with Gasteiger partial charge in [-0.25, -0.2) is 9.59 Å². The van der Waals surface area contributed by atoms with Gasteiger partial charge >= 0.3 is 23.8 Å². The van der Waals surface area contributed by atoms with Gasteiger partial charge in [0.05, 0.1) is 24.7 Å². The molecule has 2 rings (SSSR count). The predicted molar refractivity (Wildman–Crippen MR) is 115 cm³/mol. The Bertz CT molecular complexity index is 1000. The molecule has 0 aliphatic rings. The molecule has 0 aliphatic heterocycles. The monoisotopic (exact) mass is 464 g/mol. The molecular formula is C19H24N6O8. The van der Waals surface area contributed by atoms with E-state index in [2.05, 4.69) is 9.97 Å². The number of nitrogen functional groups attached to an aromatic ring is 1. The summed E-state index contributed by atoms with van der Waals surface area (Å²) >= 11 is 0. The summed E-state index contributed by atoms with van der Waals surface area (Å²) in [6.45, 7) is 1.23. The molecule has 0 fully saturated rings. The first-order valence-electron chi connectivity index (χ1n) is 9.79. The van der Waals surface area contributed by atoms with Gasteiger partial charge in [-0.15, -0.1) is 0 Å². The van der Waals surface area contributed by atoms with E-state index in [0.29, 0.717) is 18.5 Å². The van der Waals surface area contributed by atoms with Gasteiger partial charge in [0.15, 0.2) is 6.61 Å². The number of rotatable bonds is 12. The average molecular weight is 464 g/mol. The topological polar surface area (TPSA) is 206 Å². The molecule has 1 amide bonds. The van der Waals surface area contributed by atoms with Crippen molar-refractivity contribution in [1.82, 2.24) is 9.97 Å². The number of aliphatic carboxylic acids is 1. The van der Waals surface area contributed by atoms with E-state index in [1.165, 1.54) is 12.1 Å². The van der Waals surface area contributed by atoms with Crippen LogP contribution >= 0.6 is 0 Å². The first-order chi connectivity index (χ1) is 15.8. The van der Waals surface area contributed by atoms with Crippen LogP contribution in [0.25, 0.3) is 0 Å². The van der Waals surface area contributed by atoms with Gasteiger partial charge in [0, 0.05) is 0 Å². The highest BCUT2D eigenvalue weighted by Gasteiger charge is 2.32. The highest BCUT2D eigenvalue weighted by Crippen LogP contribution is 2.34. The Morgan fingerprint density at radius 1 is 1.27 bits per heavy atom. The van der Waals surface area contributed by atoms with Crippen LogP contribution in [0.15, 0.2) is 24.3 Å². The fourth-order valence-electron chi connectivity index (χ4n) is 2.60. The van der Waals surface area contributed by atoms with Crippen LogP contribution in [-0.2, 0) is 16.1 Å². The molecule has 33 heavy (non-hydrogen) atoms. The first-order valence-corrected chi connectivity index (χ1v) is 9.79. The number of nitrogens with two attached hydrogens (primary N) is 2. The summed E-state index contributed by atoms with van der Waals surface area (Å²) in [7, 11) is 0. The zero-order valence-electron chi connectivity index (χ0n) is 17.8. The molecule has 14 heteroatoms. The predicted octanol–water partition coefficient (Wildman–Crippen LogP) is 1.32. The molecule has 2 aromatic rings. The SMILES string of the molecule is CCOC(=O)N(Cc1cccc(OCC(=O)O)c1)c1nc(OCCCN)nc(N)c1[N+](=O)[O-]. The molecule has 0 bridgehead atoms. The van der Waals surface area contributed by atoms with E-state index >= 15 is 0 Å². The number of anilines is 2.